The van der Waals surface area contributed by atoms with Crippen LogP contribution >= 0.6 is 0 Å². The van der Waals surface area contributed by atoms with E-state index in [0.29, 0.717) is 18.7 Å². The van der Waals surface area contributed by atoms with Crippen LogP contribution in [0.3, 0.4) is 0 Å². The molecule has 1 atom stereocenters. The third kappa shape index (κ3) is 3.84. The largest absolute Gasteiger partial charge is 0.469 e. The lowest BCUT2D eigenvalue weighted by Crippen LogP contribution is -2.57. The van der Waals surface area contributed by atoms with Crippen molar-refractivity contribution in [3.05, 3.63) is 29.8 Å². The Hall–Kier alpha value is -2.57. The number of nitrogens with one attached hydrogen (secondary N) is 1. The van der Waals surface area contributed by atoms with Gasteiger partial charge in [0.15, 0.2) is 0 Å². The predicted molar refractivity (Wildman–Crippen MR) is 89.9 cm³/mol. The lowest BCUT2D eigenvalue weighted by Gasteiger charge is -2.34. The molecule has 2 rings (SSSR count). The maximum absolute atomic E-state index is 12.8. The minimum atomic E-state index is -0.836. The average Bonchev–Trinajstić information content (AvgIpc) is 2.62. The summed E-state index contributed by atoms with van der Waals surface area (Å²) in [6.45, 7) is 3.64. The molecule has 0 saturated carbocycles. The highest BCUT2D eigenvalue weighted by Crippen LogP contribution is 2.18. The number of methoxy groups -OCH3 is 1. The number of hydrogen-bond donors (Lipinski definition) is 1. The van der Waals surface area contributed by atoms with Crippen molar-refractivity contribution in [3.63, 3.8) is 0 Å². The first kappa shape index (κ1) is 17.8. The number of piperazine rings is 1. The molecular formula is C17H23N3O4. The second kappa shape index (κ2) is 7.81. The molecule has 7 heteroatoms. The number of nitrogens with zero attached hydrogens (tertiary/aromatic N) is 2. The van der Waals surface area contributed by atoms with E-state index in [2.05, 4.69) is 15.0 Å². The molecule has 0 aromatic heterocycles. The molecule has 2 amide bonds. The van der Waals surface area contributed by atoms with Crippen LogP contribution in [0.5, 0.6) is 0 Å². The molecule has 0 aliphatic carbocycles. The number of esters is 1. The first-order valence-corrected chi connectivity index (χ1v) is 7.94. The van der Waals surface area contributed by atoms with Gasteiger partial charge in [-0.25, -0.2) is 0 Å². The summed E-state index contributed by atoms with van der Waals surface area (Å²) >= 11 is 0. The lowest BCUT2D eigenvalue weighted by atomic mass is 10.1. The van der Waals surface area contributed by atoms with Gasteiger partial charge in [-0.3, -0.25) is 14.4 Å². The van der Waals surface area contributed by atoms with Crippen molar-refractivity contribution < 1.29 is 19.1 Å². The van der Waals surface area contributed by atoms with Crippen molar-refractivity contribution in [2.24, 2.45) is 0 Å². The molecule has 1 heterocycles. The van der Waals surface area contributed by atoms with E-state index in [1.165, 1.54) is 12.0 Å². The molecule has 1 saturated heterocycles. The van der Waals surface area contributed by atoms with Gasteiger partial charge in [0, 0.05) is 37.9 Å². The summed E-state index contributed by atoms with van der Waals surface area (Å²) in [5, 5.41) is 2.68. The van der Waals surface area contributed by atoms with Gasteiger partial charge in [-0.05, 0) is 31.2 Å². The van der Waals surface area contributed by atoms with E-state index in [1.807, 2.05) is 26.1 Å². The van der Waals surface area contributed by atoms with E-state index < -0.39 is 12.0 Å². The third-order valence-corrected chi connectivity index (χ3v) is 4.21. The normalized spacial score (nSPS) is 17.2. The number of rotatable bonds is 5. The summed E-state index contributed by atoms with van der Waals surface area (Å²) in [7, 11) is 3.23. The molecule has 0 spiro atoms. The number of amides is 2. The Morgan fingerprint density at radius 3 is 2.58 bits per heavy atom. The molecule has 1 aliphatic rings. The molecule has 7 nitrogen and oxygen atoms in total. The summed E-state index contributed by atoms with van der Waals surface area (Å²) in [5.41, 5.74) is 1.50. The van der Waals surface area contributed by atoms with E-state index >= 15 is 0 Å². The Bertz CT molecular complexity index is 615. The lowest BCUT2D eigenvalue weighted by molar-refractivity contribution is -0.145. The van der Waals surface area contributed by atoms with Gasteiger partial charge in [-0.1, -0.05) is 0 Å². The number of benzene rings is 1. The molecule has 24 heavy (non-hydrogen) atoms. The molecule has 1 fully saturated rings. The van der Waals surface area contributed by atoms with Crippen LogP contribution in [0.2, 0.25) is 0 Å². The van der Waals surface area contributed by atoms with Crippen LogP contribution in [0.15, 0.2) is 24.3 Å². The summed E-state index contributed by atoms with van der Waals surface area (Å²) in [6.07, 6.45) is -0.148. The van der Waals surface area contributed by atoms with Crippen LogP contribution < -0.4 is 10.2 Å². The van der Waals surface area contributed by atoms with Gasteiger partial charge in [0.1, 0.15) is 6.04 Å². The number of anilines is 1. The highest BCUT2D eigenvalue weighted by molar-refractivity contribution is 5.99. The average molecular weight is 333 g/mol. The summed E-state index contributed by atoms with van der Waals surface area (Å²) in [6, 6.07) is 6.39. The Kier molecular flexibility index (Phi) is 5.78. The molecule has 1 aromatic carbocycles. The Morgan fingerprint density at radius 2 is 2.00 bits per heavy atom. The van der Waals surface area contributed by atoms with Crippen LogP contribution in [0.4, 0.5) is 5.69 Å². The monoisotopic (exact) mass is 333 g/mol. The fourth-order valence-electron chi connectivity index (χ4n) is 2.61. The van der Waals surface area contributed by atoms with Gasteiger partial charge < -0.3 is 19.9 Å². The Morgan fingerprint density at radius 1 is 1.33 bits per heavy atom. The van der Waals surface area contributed by atoms with Crippen molar-refractivity contribution in [2.45, 2.75) is 19.4 Å². The molecule has 0 bridgehead atoms. The summed E-state index contributed by atoms with van der Waals surface area (Å²) in [4.78, 5) is 39.8. The number of ether oxygens (including phenoxy) is 1. The van der Waals surface area contributed by atoms with E-state index in [-0.39, 0.29) is 18.2 Å². The van der Waals surface area contributed by atoms with Gasteiger partial charge in [0.25, 0.3) is 5.91 Å². The molecular weight excluding hydrogens is 310 g/mol. The van der Waals surface area contributed by atoms with Gasteiger partial charge in [-0.2, -0.15) is 0 Å². The van der Waals surface area contributed by atoms with Crippen LogP contribution in [0, 0.1) is 0 Å². The van der Waals surface area contributed by atoms with Crippen molar-refractivity contribution in [1.29, 1.82) is 0 Å². The van der Waals surface area contributed by atoms with E-state index in [0.717, 1.165) is 12.2 Å². The molecule has 0 unspecified atom stereocenters. The predicted octanol–water partition coefficient (Wildman–Crippen LogP) is 0.646. The quantitative estimate of drug-likeness (QED) is 0.800. The topological polar surface area (TPSA) is 79.0 Å². The zero-order chi connectivity index (χ0) is 17.7. The Balaban J connectivity index is 2.19. The van der Waals surface area contributed by atoms with Gasteiger partial charge in [0.05, 0.1) is 13.5 Å². The standard InChI is InChI=1S/C17H23N3O4/c1-4-19(2)13-7-5-12(6-8-13)17(23)20-10-9-18-16(22)14(20)11-15(21)24-3/h5-8,14H,4,9-11H2,1-3H3,(H,18,22)/t14-/m0/s1. The molecule has 1 aromatic rings. The second-order valence-electron chi connectivity index (χ2n) is 5.65. The first-order valence-electron chi connectivity index (χ1n) is 7.94. The van der Waals surface area contributed by atoms with Crippen molar-refractivity contribution >= 4 is 23.5 Å². The summed E-state index contributed by atoms with van der Waals surface area (Å²) < 4.78 is 4.63. The molecule has 1 aliphatic heterocycles. The number of hydrogen-bond acceptors (Lipinski definition) is 5. The maximum Gasteiger partial charge on any atom is 0.308 e. The van der Waals surface area contributed by atoms with Crippen molar-refractivity contribution in [2.75, 3.05) is 38.7 Å². The third-order valence-electron chi connectivity index (χ3n) is 4.21. The smallest absolute Gasteiger partial charge is 0.308 e. The zero-order valence-electron chi connectivity index (χ0n) is 14.2. The molecule has 0 radical (unpaired) electrons. The minimum Gasteiger partial charge on any atom is -0.469 e. The second-order valence-corrected chi connectivity index (χ2v) is 5.65. The fourth-order valence-corrected chi connectivity index (χ4v) is 2.61. The highest BCUT2D eigenvalue weighted by atomic mass is 16.5. The fraction of sp³-hybridized carbons (Fsp3) is 0.471. The number of carbonyl (C=O) groups excluding carboxylic acids is 3. The van der Waals surface area contributed by atoms with Crippen LogP contribution in [-0.2, 0) is 14.3 Å². The SMILES string of the molecule is CCN(C)c1ccc(C(=O)N2CCNC(=O)[C@@H]2CC(=O)OC)cc1. The molecule has 130 valence electrons. The highest BCUT2D eigenvalue weighted by Gasteiger charge is 2.35. The van der Waals surface area contributed by atoms with Gasteiger partial charge in [0.2, 0.25) is 5.91 Å². The van der Waals surface area contributed by atoms with E-state index in [9.17, 15) is 14.4 Å². The van der Waals surface area contributed by atoms with Crippen LogP contribution in [0.25, 0.3) is 0 Å². The van der Waals surface area contributed by atoms with E-state index in [1.54, 1.807) is 12.1 Å². The van der Waals surface area contributed by atoms with E-state index in [4.69, 9.17) is 0 Å². The van der Waals surface area contributed by atoms with Crippen LogP contribution in [0.1, 0.15) is 23.7 Å². The van der Waals surface area contributed by atoms with Gasteiger partial charge in [-0.15, -0.1) is 0 Å². The molecule has 1 N–H and O–H groups in total. The van der Waals surface area contributed by atoms with Crippen molar-refractivity contribution in [3.8, 4) is 0 Å². The number of carbonyl (C=O) groups is 3. The maximum atomic E-state index is 12.8. The summed E-state index contributed by atoms with van der Waals surface area (Å²) in [5.74, 6) is -1.11. The van der Waals surface area contributed by atoms with Crippen molar-refractivity contribution in [1.82, 2.24) is 10.2 Å². The first-order chi connectivity index (χ1) is 11.5. The Labute approximate surface area is 141 Å². The van der Waals surface area contributed by atoms with Gasteiger partial charge >= 0.3 is 5.97 Å². The van der Waals surface area contributed by atoms with Crippen LogP contribution in [-0.4, -0.2) is 62.5 Å². The minimum absolute atomic E-state index is 0.148. The zero-order valence-corrected chi connectivity index (χ0v) is 14.2.